The van der Waals surface area contributed by atoms with E-state index in [1.807, 2.05) is 42.5 Å². The first kappa shape index (κ1) is 19.4. The van der Waals surface area contributed by atoms with Crippen LogP contribution in [0.4, 0.5) is 5.82 Å². The molecule has 3 rings (SSSR count). The number of nitrogens with one attached hydrogen (secondary N) is 1. The molecule has 0 bridgehead atoms. The van der Waals surface area contributed by atoms with Crippen LogP contribution in [0.2, 0.25) is 10.0 Å². The average molecular weight is 404 g/mol. The highest BCUT2D eigenvalue weighted by Gasteiger charge is 2.08. The summed E-state index contributed by atoms with van der Waals surface area (Å²) in [6.07, 6.45) is 0.720. The Balaban J connectivity index is 1.77. The largest absolute Gasteiger partial charge is 0.467 e. The summed E-state index contributed by atoms with van der Waals surface area (Å²) in [7, 11) is 1.53. The first-order chi connectivity index (χ1) is 13.1. The van der Waals surface area contributed by atoms with Gasteiger partial charge in [0, 0.05) is 28.2 Å². The molecule has 0 aliphatic heterocycles. The topological polar surface area (TPSA) is 67.3 Å². The molecule has 0 amide bonds. The van der Waals surface area contributed by atoms with Crippen molar-refractivity contribution >= 4 is 29.0 Å². The normalized spacial score (nSPS) is 10.7. The molecule has 1 aromatic heterocycles. The number of hydrogen-bond donors (Lipinski definition) is 2. The molecular formula is C20H19Cl2N3O2. The minimum atomic E-state index is -0.0248. The van der Waals surface area contributed by atoms with E-state index in [0.717, 1.165) is 23.1 Å². The Hall–Kier alpha value is -2.34. The lowest BCUT2D eigenvalue weighted by atomic mass is 10.1. The number of ether oxygens (including phenoxy) is 1. The van der Waals surface area contributed by atoms with Gasteiger partial charge in [-0.25, -0.2) is 0 Å². The number of aliphatic hydroxyl groups excluding tert-OH is 1. The Kier molecular flexibility index (Phi) is 6.50. The number of halogens is 2. The average Bonchev–Trinajstić information content (AvgIpc) is 2.69. The molecule has 1 heterocycles. The second-order valence-electron chi connectivity index (χ2n) is 5.90. The van der Waals surface area contributed by atoms with Crippen LogP contribution < -0.4 is 10.1 Å². The van der Waals surface area contributed by atoms with Gasteiger partial charge in [-0.3, -0.25) is 0 Å². The lowest BCUT2D eigenvalue weighted by Gasteiger charge is -2.11. The summed E-state index contributed by atoms with van der Waals surface area (Å²) >= 11 is 12.1. The Morgan fingerprint density at radius 3 is 2.67 bits per heavy atom. The third-order valence-electron chi connectivity index (χ3n) is 4.01. The first-order valence-corrected chi connectivity index (χ1v) is 9.15. The highest BCUT2D eigenvalue weighted by molar-refractivity contribution is 6.35. The second-order valence-corrected chi connectivity index (χ2v) is 6.74. The van der Waals surface area contributed by atoms with Crippen LogP contribution >= 0.6 is 23.2 Å². The molecule has 5 nitrogen and oxygen atoms in total. The maximum atomic E-state index is 9.34. The van der Waals surface area contributed by atoms with Crippen molar-refractivity contribution in [3.05, 3.63) is 69.7 Å². The summed E-state index contributed by atoms with van der Waals surface area (Å²) < 4.78 is 5.22. The third-order valence-corrected chi connectivity index (χ3v) is 4.60. The molecule has 0 atom stereocenters. The van der Waals surface area contributed by atoms with Gasteiger partial charge < -0.3 is 15.2 Å². The Bertz CT molecular complexity index is 935. The van der Waals surface area contributed by atoms with Crippen LogP contribution in [0, 0.1) is 0 Å². The van der Waals surface area contributed by atoms with Crippen LogP contribution in [0.3, 0.4) is 0 Å². The second kappa shape index (κ2) is 9.04. The molecule has 0 aliphatic carbocycles. The van der Waals surface area contributed by atoms with Gasteiger partial charge in [-0.2, -0.15) is 9.97 Å². The number of benzene rings is 2. The number of nitrogens with zero attached hydrogens (tertiary/aromatic N) is 2. The van der Waals surface area contributed by atoms with Gasteiger partial charge in [-0.15, -0.1) is 0 Å². The molecule has 0 saturated heterocycles. The molecule has 27 heavy (non-hydrogen) atoms. The van der Waals surface area contributed by atoms with Gasteiger partial charge in [-0.05, 0) is 35.7 Å². The number of hydrogen-bond acceptors (Lipinski definition) is 5. The maximum absolute atomic E-state index is 9.34. The summed E-state index contributed by atoms with van der Waals surface area (Å²) in [5, 5.41) is 13.9. The van der Waals surface area contributed by atoms with Gasteiger partial charge in [0.05, 0.1) is 19.4 Å². The quantitative estimate of drug-likeness (QED) is 0.602. The maximum Gasteiger partial charge on any atom is 0.318 e. The predicted molar refractivity (Wildman–Crippen MR) is 109 cm³/mol. The number of rotatable bonds is 7. The monoisotopic (exact) mass is 403 g/mol. The van der Waals surface area contributed by atoms with Crippen molar-refractivity contribution in [3.8, 4) is 17.3 Å². The van der Waals surface area contributed by atoms with E-state index < -0.39 is 0 Å². The fourth-order valence-corrected chi connectivity index (χ4v) is 3.14. The van der Waals surface area contributed by atoms with Crippen molar-refractivity contribution in [2.45, 2.75) is 13.0 Å². The minimum Gasteiger partial charge on any atom is -0.467 e. The number of aliphatic hydroxyl groups is 1. The Labute approximate surface area is 168 Å². The molecule has 0 saturated carbocycles. The molecule has 0 unspecified atom stereocenters. The molecule has 2 aromatic carbocycles. The van der Waals surface area contributed by atoms with Crippen LogP contribution in [-0.2, 0) is 13.0 Å². The van der Waals surface area contributed by atoms with Gasteiger partial charge in [0.15, 0.2) is 0 Å². The first-order valence-electron chi connectivity index (χ1n) is 8.40. The van der Waals surface area contributed by atoms with Crippen LogP contribution in [0.25, 0.3) is 11.3 Å². The van der Waals surface area contributed by atoms with Crippen molar-refractivity contribution in [3.63, 3.8) is 0 Å². The molecule has 0 radical (unpaired) electrons. The molecular weight excluding hydrogens is 385 g/mol. The van der Waals surface area contributed by atoms with Crippen molar-refractivity contribution in [1.29, 1.82) is 0 Å². The van der Waals surface area contributed by atoms with Crippen molar-refractivity contribution in [2.24, 2.45) is 0 Å². The molecule has 0 spiro atoms. The molecule has 0 fully saturated rings. The van der Waals surface area contributed by atoms with Gasteiger partial charge in [0.25, 0.3) is 0 Å². The fourth-order valence-electron chi connectivity index (χ4n) is 2.63. The van der Waals surface area contributed by atoms with E-state index in [4.69, 9.17) is 27.9 Å². The molecule has 140 valence electrons. The highest BCUT2D eigenvalue weighted by Crippen LogP contribution is 2.24. The number of anilines is 1. The molecule has 3 aromatic rings. The van der Waals surface area contributed by atoms with E-state index in [9.17, 15) is 5.11 Å². The van der Waals surface area contributed by atoms with Gasteiger partial charge in [0.1, 0.15) is 5.82 Å². The summed E-state index contributed by atoms with van der Waals surface area (Å²) in [4.78, 5) is 8.74. The molecule has 7 heteroatoms. The third kappa shape index (κ3) is 5.10. The van der Waals surface area contributed by atoms with E-state index in [1.54, 1.807) is 6.07 Å². The predicted octanol–water partition coefficient (Wildman–Crippen LogP) is 4.61. The zero-order valence-corrected chi connectivity index (χ0v) is 16.3. The van der Waals surface area contributed by atoms with Gasteiger partial charge in [-0.1, -0.05) is 47.5 Å². The molecule has 2 N–H and O–H groups in total. The fraction of sp³-hybridized carbons (Fsp3) is 0.200. The number of methoxy groups -OCH3 is 1. The number of aromatic nitrogens is 2. The van der Waals surface area contributed by atoms with Crippen molar-refractivity contribution in [2.75, 3.05) is 19.0 Å². The van der Waals surface area contributed by atoms with Crippen molar-refractivity contribution in [1.82, 2.24) is 9.97 Å². The summed E-state index contributed by atoms with van der Waals surface area (Å²) in [6, 6.07) is 15.1. The lowest BCUT2D eigenvalue weighted by Crippen LogP contribution is -2.08. The van der Waals surface area contributed by atoms with Gasteiger partial charge in [0.2, 0.25) is 0 Å². The van der Waals surface area contributed by atoms with E-state index in [0.29, 0.717) is 28.1 Å². The summed E-state index contributed by atoms with van der Waals surface area (Å²) in [6.45, 7) is 0.612. The molecule has 0 aliphatic rings. The van der Waals surface area contributed by atoms with E-state index >= 15 is 0 Å². The Morgan fingerprint density at radius 2 is 1.93 bits per heavy atom. The highest BCUT2D eigenvalue weighted by atomic mass is 35.5. The van der Waals surface area contributed by atoms with Crippen LogP contribution in [-0.4, -0.2) is 28.7 Å². The minimum absolute atomic E-state index is 0.0248. The smallest absolute Gasteiger partial charge is 0.318 e. The van der Waals surface area contributed by atoms with Crippen LogP contribution in [0.1, 0.15) is 11.1 Å². The van der Waals surface area contributed by atoms with Gasteiger partial charge >= 0.3 is 6.01 Å². The standard InChI is InChI=1S/C20H19Cl2N3O2/c1-27-20-24-18(15-4-2-3-13(9-15)12-26)11-19(25-20)23-8-7-14-5-6-16(21)10-17(14)22/h2-6,9-11,26H,7-8,12H2,1H3,(H,23,24,25). The van der Waals surface area contributed by atoms with E-state index in [1.165, 1.54) is 7.11 Å². The van der Waals surface area contributed by atoms with Crippen LogP contribution in [0.15, 0.2) is 48.5 Å². The zero-order valence-electron chi connectivity index (χ0n) is 14.7. The summed E-state index contributed by atoms with van der Waals surface area (Å²) in [5.74, 6) is 0.649. The lowest BCUT2D eigenvalue weighted by molar-refractivity contribution is 0.282. The Morgan fingerprint density at radius 1 is 1.07 bits per heavy atom. The SMILES string of the molecule is COc1nc(NCCc2ccc(Cl)cc2Cl)cc(-c2cccc(CO)c2)n1. The van der Waals surface area contributed by atoms with E-state index in [2.05, 4.69) is 15.3 Å². The summed E-state index contributed by atoms with van der Waals surface area (Å²) in [5.41, 5.74) is 3.41. The zero-order chi connectivity index (χ0) is 19.2. The van der Waals surface area contributed by atoms with E-state index in [-0.39, 0.29) is 12.6 Å². The van der Waals surface area contributed by atoms with Crippen molar-refractivity contribution < 1.29 is 9.84 Å². The van der Waals surface area contributed by atoms with Crippen LogP contribution in [0.5, 0.6) is 6.01 Å².